The first-order valence-electron chi connectivity index (χ1n) is 13.4. The fourth-order valence-electron chi connectivity index (χ4n) is 6.01. The van der Waals surface area contributed by atoms with E-state index in [0.29, 0.717) is 36.0 Å². The van der Waals surface area contributed by atoms with Crippen LogP contribution in [-0.4, -0.2) is 57.7 Å². The molecule has 0 aliphatic carbocycles. The Morgan fingerprint density at radius 1 is 1.23 bits per heavy atom. The lowest BCUT2D eigenvalue weighted by molar-refractivity contribution is -0.137. The van der Waals surface area contributed by atoms with E-state index >= 15 is 0 Å². The van der Waals surface area contributed by atoms with Gasteiger partial charge < -0.3 is 20.1 Å². The van der Waals surface area contributed by atoms with Crippen LogP contribution in [0.25, 0.3) is 10.9 Å². The largest absolute Gasteiger partial charge is 0.350 e. The quantitative estimate of drug-likeness (QED) is 0.467. The molecule has 3 heterocycles. The van der Waals surface area contributed by atoms with Crippen molar-refractivity contribution in [3.05, 3.63) is 65.6 Å². The second kappa shape index (κ2) is 10.2. The van der Waals surface area contributed by atoms with Gasteiger partial charge in [-0.25, -0.2) is 4.39 Å². The zero-order valence-corrected chi connectivity index (χ0v) is 22.3. The van der Waals surface area contributed by atoms with Crippen molar-refractivity contribution in [3.8, 4) is 6.07 Å². The minimum atomic E-state index is -1.01. The maximum atomic E-state index is 14.4. The number of rotatable bonds is 7. The van der Waals surface area contributed by atoms with Crippen molar-refractivity contribution in [2.24, 2.45) is 5.92 Å². The summed E-state index contributed by atoms with van der Waals surface area (Å²) in [4.78, 5) is 47.4. The zero-order valence-electron chi connectivity index (χ0n) is 22.3. The van der Waals surface area contributed by atoms with Crippen molar-refractivity contribution in [3.63, 3.8) is 0 Å². The molecule has 1 unspecified atom stereocenters. The molecule has 2 aromatic carbocycles. The van der Waals surface area contributed by atoms with E-state index in [1.165, 1.54) is 21.9 Å². The molecule has 3 aromatic rings. The molecule has 0 radical (unpaired) electrons. The SMILES string of the molecule is CCCN(C(=O)c1cc2c(F)cccc2[nH]1)[C@@H](CC(C)C)C(=O)N1C[C@]2(CC1C#N)C(=O)Nc1ccccc12. The molecule has 39 heavy (non-hydrogen) atoms. The first kappa shape index (κ1) is 26.4. The number of carbonyl (C=O) groups is 3. The molecule has 5 rings (SSSR count). The molecule has 3 atom stereocenters. The van der Waals surface area contributed by atoms with Gasteiger partial charge in [0.05, 0.1) is 11.5 Å². The number of aromatic amines is 1. The summed E-state index contributed by atoms with van der Waals surface area (Å²) in [6.07, 6.45) is 1.17. The van der Waals surface area contributed by atoms with Crippen molar-refractivity contribution in [2.45, 2.75) is 57.5 Å². The van der Waals surface area contributed by atoms with Crippen LogP contribution in [0.4, 0.5) is 10.1 Å². The van der Waals surface area contributed by atoms with E-state index in [2.05, 4.69) is 16.4 Å². The molecule has 202 valence electrons. The fraction of sp³-hybridized carbons (Fsp3) is 0.400. The number of hydrogen-bond acceptors (Lipinski definition) is 4. The maximum absolute atomic E-state index is 14.4. The van der Waals surface area contributed by atoms with E-state index in [1.54, 1.807) is 12.1 Å². The molecule has 1 aromatic heterocycles. The van der Waals surface area contributed by atoms with Gasteiger partial charge in [-0.15, -0.1) is 0 Å². The summed E-state index contributed by atoms with van der Waals surface area (Å²) in [5, 5.41) is 13.3. The van der Waals surface area contributed by atoms with Crippen molar-refractivity contribution in [1.29, 1.82) is 5.26 Å². The van der Waals surface area contributed by atoms with Crippen LogP contribution in [-0.2, 0) is 15.0 Å². The molecule has 1 saturated heterocycles. The van der Waals surface area contributed by atoms with Gasteiger partial charge in [-0.05, 0) is 48.6 Å². The van der Waals surface area contributed by atoms with Gasteiger partial charge in [-0.1, -0.05) is 45.0 Å². The Morgan fingerprint density at radius 2 is 2.00 bits per heavy atom. The van der Waals surface area contributed by atoms with Crippen molar-refractivity contribution in [2.75, 3.05) is 18.4 Å². The highest BCUT2D eigenvalue weighted by Gasteiger charge is 2.56. The number of H-pyrrole nitrogens is 1. The number of halogens is 1. The summed E-state index contributed by atoms with van der Waals surface area (Å²) in [6.45, 7) is 6.24. The summed E-state index contributed by atoms with van der Waals surface area (Å²) in [5.41, 5.74) is 1.17. The highest BCUT2D eigenvalue weighted by Crippen LogP contribution is 2.46. The predicted octanol–water partition coefficient (Wildman–Crippen LogP) is 4.59. The molecular formula is C30H32FN5O3. The molecular weight excluding hydrogens is 497 g/mol. The number of para-hydroxylation sites is 1. The molecule has 0 bridgehead atoms. The highest BCUT2D eigenvalue weighted by molar-refractivity contribution is 6.07. The number of amides is 3. The van der Waals surface area contributed by atoms with Crippen LogP contribution >= 0.6 is 0 Å². The third-order valence-corrected chi connectivity index (χ3v) is 7.84. The zero-order chi connectivity index (χ0) is 27.9. The average Bonchev–Trinajstić information content (AvgIpc) is 3.60. The molecule has 2 N–H and O–H groups in total. The van der Waals surface area contributed by atoms with Crippen LogP contribution in [0.5, 0.6) is 0 Å². The van der Waals surface area contributed by atoms with E-state index in [1.807, 2.05) is 45.0 Å². The third-order valence-electron chi connectivity index (χ3n) is 7.84. The summed E-state index contributed by atoms with van der Waals surface area (Å²) in [6, 6.07) is 14.0. The maximum Gasteiger partial charge on any atom is 0.270 e. The van der Waals surface area contributed by atoms with Crippen LogP contribution in [0, 0.1) is 23.1 Å². The van der Waals surface area contributed by atoms with Crippen molar-refractivity contribution in [1.82, 2.24) is 14.8 Å². The minimum Gasteiger partial charge on any atom is -0.350 e. The fourth-order valence-corrected chi connectivity index (χ4v) is 6.01. The molecule has 9 heteroatoms. The highest BCUT2D eigenvalue weighted by atomic mass is 19.1. The van der Waals surface area contributed by atoms with E-state index in [4.69, 9.17) is 0 Å². The number of benzene rings is 2. The number of fused-ring (bicyclic) bond motifs is 3. The number of hydrogen-bond donors (Lipinski definition) is 2. The van der Waals surface area contributed by atoms with Gasteiger partial charge in [0.1, 0.15) is 23.6 Å². The first-order chi connectivity index (χ1) is 18.7. The number of aromatic nitrogens is 1. The van der Waals surface area contributed by atoms with Gasteiger partial charge in [0, 0.05) is 36.1 Å². The number of nitriles is 1. The van der Waals surface area contributed by atoms with Gasteiger partial charge >= 0.3 is 0 Å². The standard InChI is InChI=1S/C30H32FN5O3/c1-4-12-35(27(37)25-14-20-22(31)9-7-11-23(20)33-25)26(13-18(2)3)28(38)36-17-30(15-19(36)16-32)21-8-5-6-10-24(21)34-29(30)39/h5-11,14,18-19,26,33H,4,12-13,15,17H2,1-3H3,(H,34,39)/t19?,26-,30-/m0/s1. The lowest BCUT2D eigenvalue weighted by Crippen LogP contribution is -2.53. The van der Waals surface area contributed by atoms with E-state index in [9.17, 15) is 24.0 Å². The number of anilines is 1. The Balaban J connectivity index is 1.51. The van der Waals surface area contributed by atoms with E-state index in [-0.39, 0.29) is 36.4 Å². The van der Waals surface area contributed by atoms with Crippen LogP contribution in [0.3, 0.4) is 0 Å². The van der Waals surface area contributed by atoms with Crippen molar-refractivity contribution >= 4 is 34.3 Å². The summed E-state index contributed by atoms with van der Waals surface area (Å²) in [7, 11) is 0. The molecule has 3 amide bonds. The van der Waals surface area contributed by atoms with Gasteiger partial charge in [0.15, 0.2) is 0 Å². The first-order valence-corrected chi connectivity index (χ1v) is 13.4. The monoisotopic (exact) mass is 529 g/mol. The molecule has 1 spiro atoms. The second-order valence-electron chi connectivity index (χ2n) is 10.9. The Morgan fingerprint density at radius 3 is 2.69 bits per heavy atom. The van der Waals surface area contributed by atoms with Gasteiger partial charge in [0.25, 0.3) is 5.91 Å². The Hall–Kier alpha value is -4.19. The van der Waals surface area contributed by atoms with E-state index < -0.39 is 29.2 Å². The van der Waals surface area contributed by atoms with Crippen LogP contribution in [0.2, 0.25) is 0 Å². The van der Waals surface area contributed by atoms with Crippen LogP contribution in [0.1, 0.15) is 56.1 Å². The second-order valence-corrected chi connectivity index (χ2v) is 10.9. The smallest absolute Gasteiger partial charge is 0.270 e. The predicted molar refractivity (Wildman–Crippen MR) is 145 cm³/mol. The Labute approximate surface area is 226 Å². The number of carbonyl (C=O) groups excluding carboxylic acids is 3. The van der Waals surface area contributed by atoms with E-state index in [0.717, 1.165) is 5.56 Å². The number of nitrogens with one attached hydrogen (secondary N) is 2. The van der Waals surface area contributed by atoms with Crippen LogP contribution < -0.4 is 5.32 Å². The summed E-state index contributed by atoms with van der Waals surface area (Å²) >= 11 is 0. The topological polar surface area (TPSA) is 109 Å². The Kier molecular flexibility index (Phi) is 6.89. The minimum absolute atomic E-state index is 0.0628. The molecule has 2 aliphatic heterocycles. The van der Waals surface area contributed by atoms with Gasteiger partial charge in [-0.2, -0.15) is 5.26 Å². The van der Waals surface area contributed by atoms with Crippen molar-refractivity contribution < 1.29 is 18.8 Å². The third kappa shape index (κ3) is 4.44. The normalized spacial score (nSPS) is 20.8. The number of likely N-dealkylation sites (tertiary alicyclic amines) is 1. The number of nitrogens with zero attached hydrogens (tertiary/aromatic N) is 3. The van der Waals surface area contributed by atoms with Crippen LogP contribution in [0.15, 0.2) is 48.5 Å². The lowest BCUT2D eigenvalue weighted by atomic mass is 9.80. The molecule has 8 nitrogen and oxygen atoms in total. The lowest BCUT2D eigenvalue weighted by Gasteiger charge is -2.35. The molecule has 0 saturated carbocycles. The average molecular weight is 530 g/mol. The molecule has 2 aliphatic rings. The van der Waals surface area contributed by atoms with Gasteiger partial charge in [0.2, 0.25) is 11.8 Å². The summed E-state index contributed by atoms with van der Waals surface area (Å²) in [5.74, 6) is -1.35. The van der Waals surface area contributed by atoms with Gasteiger partial charge in [-0.3, -0.25) is 14.4 Å². The summed E-state index contributed by atoms with van der Waals surface area (Å²) < 4.78 is 14.4. The Bertz CT molecular complexity index is 1490. The molecule has 1 fully saturated rings.